The van der Waals surface area contributed by atoms with Gasteiger partial charge in [-0.3, -0.25) is 0 Å². The van der Waals surface area contributed by atoms with Crippen LogP contribution in [0.4, 0.5) is 12.9 Å². The average Bonchev–Trinajstić information content (AvgIpc) is 1.59. The van der Waals surface area contributed by atoms with Gasteiger partial charge in [0.05, 0.1) is 0 Å². The molecule has 0 bridgehead atoms. The molecule has 0 amide bonds. The smallest absolute Gasteiger partial charge is 0.449 e. The van der Waals surface area contributed by atoms with E-state index in [1.54, 1.807) is 0 Å². The molecule has 0 radical (unpaired) electrons. The van der Waals surface area contributed by atoms with Crippen molar-refractivity contribution >= 4 is 22.9 Å². The minimum absolute atomic E-state index is 0. The minimum Gasteiger partial charge on any atom is -0.449 e. The van der Waals surface area contributed by atoms with Crippen LogP contribution >= 0.6 is 15.9 Å². The molecule has 9 heavy (non-hydrogen) atoms. The standard InChI is InChI=1S/C3H6BBrF3.K/c5-3-1-2-4(6,7)8;/h1-3H2;/q-1;+1. The van der Waals surface area contributed by atoms with Crippen molar-refractivity contribution in [2.45, 2.75) is 12.7 Å². The molecule has 0 aliphatic heterocycles. The van der Waals surface area contributed by atoms with Crippen LogP contribution < -0.4 is 51.4 Å². The van der Waals surface area contributed by atoms with Gasteiger partial charge in [0.2, 0.25) is 0 Å². The summed E-state index contributed by atoms with van der Waals surface area (Å²) in [4.78, 5) is 0. The first kappa shape index (κ1) is 13.6. The van der Waals surface area contributed by atoms with Gasteiger partial charge in [-0.1, -0.05) is 28.7 Å². The predicted octanol–water partition coefficient (Wildman–Crippen LogP) is -0.377. The number of halogens is 4. The van der Waals surface area contributed by atoms with Crippen LogP contribution in [0.5, 0.6) is 0 Å². The fourth-order valence-corrected chi connectivity index (χ4v) is 0.632. The Bertz CT molecular complexity index is 66.6. The molecule has 0 unspecified atom stereocenters. The molecule has 0 saturated carbocycles. The summed E-state index contributed by atoms with van der Waals surface area (Å²) in [6.07, 6.45) is -0.422. The van der Waals surface area contributed by atoms with Gasteiger partial charge in [0.1, 0.15) is 0 Å². The second-order valence-electron chi connectivity index (χ2n) is 1.54. The van der Waals surface area contributed by atoms with Gasteiger partial charge >= 0.3 is 58.4 Å². The minimum atomic E-state index is -4.53. The van der Waals surface area contributed by atoms with Gasteiger partial charge < -0.3 is 12.9 Å². The summed E-state index contributed by atoms with van der Waals surface area (Å²) >= 11 is 2.91. The molecule has 0 rings (SSSR count). The molecule has 0 aromatic carbocycles. The normalized spacial score (nSPS) is 10.7. The molecule has 50 valence electrons. The van der Waals surface area contributed by atoms with E-state index in [0.717, 1.165) is 0 Å². The second-order valence-corrected chi connectivity index (χ2v) is 2.33. The van der Waals surface area contributed by atoms with E-state index in [4.69, 9.17) is 0 Å². The number of hydrogen-bond donors (Lipinski definition) is 0. The maximum Gasteiger partial charge on any atom is 1.00 e. The Morgan fingerprint density at radius 2 is 1.67 bits per heavy atom. The topological polar surface area (TPSA) is 0 Å². The van der Waals surface area contributed by atoms with E-state index in [9.17, 15) is 12.9 Å². The quantitative estimate of drug-likeness (QED) is 0.457. The third-order valence-corrected chi connectivity index (χ3v) is 1.23. The van der Waals surface area contributed by atoms with E-state index in [1.807, 2.05) is 0 Å². The zero-order chi connectivity index (χ0) is 6.62. The van der Waals surface area contributed by atoms with Gasteiger partial charge in [-0.2, -0.15) is 0 Å². The van der Waals surface area contributed by atoms with Crippen LogP contribution in [-0.4, -0.2) is 12.3 Å². The second kappa shape index (κ2) is 6.67. The Labute approximate surface area is 104 Å². The summed E-state index contributed by atoms with van der Waals surface area (Å²) in [5.74, 6) is 0. The fourth-order valence-electron chi connectivity index (χ4n) is 0.309. The predicted molar refractivity (Wildman–Crippen MR) is 32.3 cm³/mol. The van der Waals surface area contributed by atoms with Crippen LogP contribution in [0.3, 0.4) is 0 Å². The van der Waals surface area contributed by atoms with Crippen molar-refractivity contribution in [1.29, 1.82) is 0 Å². The number of hydrogen-bond acceptors (Lipinski definition) is 0. The molecule has 0 aromatic heterocycles. The summed E-state index contributed by atoms with van der Waals surface area (Å²) in [6.45, 7) is -4.53. The molecular weight excluding hydrogens is 223 g/mol. The summed E-state index contributed by atoms with van der Waals surface area (Å²) in [6, 6.07) is 0. The van der Waals surface area contributed by atoms with Crippen LogP contribution in [0.15, 0.2) is 0 Å². The van der Waals surface area contributed by atoms with Gasteiger partial charge in [0.15, 0.2) is 0 Å². The van der Waals surface area contributed by atoms with Crippen molar-refractivity contribution in [3.05, 3.63) is 0 Å². The van der Waals surface area contributed by atoms with Gasteiger partial charge in [-0.05, 0) is 0 Å². The van der Waals surface area contributed by atoms with E-state index in [1.165, 1.54) is 0 Å². The van der Waals surface area contributed by atoms with Crippen molar-refractivity contribution < 1.29 is 64.3 Å². The van der Waals surface area contributed by atoms with E-state index >= 15 is 0 Å². The van der Waals surface area contributed by atoms with Crippen molar-refractivity contribution in [2.75, 3.05) is 5.33 Å². The van der Waals surface area contributed by atoms with Crippen LogP contribution in [0.25, 0.3) is 0 Å². The molecule has 0 nitrogen and oxygen atoms in total. The van der Waals surface area contributed by atoms with E-state index in [0.29, 0.717) is 5.33 Å². The Kier molecular flexibility index (Phi) is 10.0. The van der Waals surface area contributed by atoms with Crippen LogP contribution in [-0.2, 0) is 0 Å². The summed E-state index contributed by atoms with van der Waals surface area (Å²) in [7, 11) is 0. The van der Waals surface area contributed by atoms with Crippen molar-refractivity contribution in [3.8, 4) is 0 Å². The van der Waals surface area contributed by atoms with Gasteiger partial charge in [0, 0.05) is 5.33 Å². The zero-order valence-corrected chi connectivity index (χ0v) is 9.92. The molecule has 0 atom stereocenters. The Morgan fingerprint density at radius 1 is 1.22 bits per heavy atom. The van der Waals surface area contributed by atoms with Crippen molar-refractivity contribution in [2.24, 2.45) is 0 Å². The van der Waals surface area contributed by atoms with Crippen molar-refractivity contribution in [1.82, 2.24) is 0 Å². The van der Waals surface area contributed by atoms with Gasteiger partial charge in [-0.15, -0.1) is 0 Å². The van der Waals surface area contributed by atoms with Gasteiger partial charge in [0.25, 0.3) is 0 Å². The first-order valence-electron chi connectivity index (χ1n) is 2.33. The molecule has 6 heteroatoms. The number of alkyl halides is 1. The summed E-state index contributed by atoms with van der Waals surface area (Å²) < 4.78 is 33.9. The Hall–Kier alpha value is 1.97. The zero-order valence-electron chi connectivity index (χ0n) is 5.21. The molecule has 0 spiro atoms. The molecule has 0 fully saturated rings. The van der Waals surface area contributed by atoms with Gasteiger partial charge in [-0.25, -0.2) is 0 Å². The SMILES string of the molecule is F[B-](F)(F)CCCBr.[K+]. The molecular formula is C3H6BBrF3K. The first-order valence-corrected chi connectivity index (χ1v) is 3.45. The molecule has 0 aromatic rings. The average molecular weight is 229 g/mol. The fraction of sp³-hybridized carbons (Fsp3) is 1.00. The van der Waals surface area contributed by atoms with E-state index in [2.05, 4.69) is 15.9 Å². The van der Waals surface area contributed by atoms with Crippen LogP contribution in [0.2, 0.25) is 6.32 Å². The molecule has 0 N–H and O–H groups in total. The first-order chi connectivity index (χ1) is 3.56. The summed E-state index contributed by atoms with van der Waals surface area (Å²) in [5.41, 5.74) is 0. The number of rotatable bonds is 3. The summed E-state index contributed by atoms with van der Waals surface area (Å²) in [5, 5.41) is 0.439. The monoisotopic (exact) mass is 228 g/mol. The molecule has 0 aliphatic rings. The van der Waals surface area contributed by atoms with E-state index in [-0.39, 0.29) is 57.8 Å². The van der Waals surface area contributed by atoms with Crippen LogP contribution in [0.1, 0.15) is 6.42 Å². The van der Waals surface area contributed by atoms with Crippen molar-refractivity contribution in [3.63, 3.8) is 0 Å². The third kappa shape index (κ3) is 13.0. The Balaban J connectivity index is 0. The molecule has 0 heterocycles. The maximum absolute atomic E-state index is 11.3. The third-order valence-electron chi connectivity index (χ3n) is 0.665. The largest absolute Gasteiger partial charge is 1.00 e. The maximum atomic E-state index is 11.3. The van der Waals surface area contributed by atoms with Crippen LogP contribution in [0, 0.1) is 0 Å². The molecule has 0 saturated heterocycles. The Morgan fingerprint density at radius 3 is 1.78 bits per heavy atom. The van der Waals surface area contributed by atoms with E-state index < -0.39 is 13.3 Å². The molecule has 0 aliphatic carbocycles.